The Kier molecular flexibility index (Phi) is 1.57. The van der Waals surface area contributed by atoms with Crippen LogP contribution in [0.25, 0.3) is 10.9 Å². The van der Waals surface area contributed by atoms with E-state index in [1.165, 1.54) is 18.2 Å². The lowest BCUT2D eigenvalue weighted by atomic mass is 10.2. The van der Waals surface area contributed by atoms with Crippen LogP contribution in [0.5, 0.6) is 5.75 Å². The quantitative estimate of drug-likeness (QED) is 0.252. The lowest BCUT2D eigenvalue weighted by Crippen LogP contribution is -2.60. The third kappa shape index (κ3) is 0.972. The van der Waals surface area contributed by atoms with Gasteiger partial charge in [-0.25, -0.2) is 0 Å². The van der Waals surface area contributed by atoms with Crippen molar-refractivity contribution in [1.82, 2.24) is 0 Å². The van der Waals surface area contributed by atoms with E-state index in [1.54, 1.807) is 0 Å². The van der Waals surface area contributed by atoms with E-state index in [-0.39, 0.29) is 21.0 Å². The fraction of sp³-hybridized carbons (Fsp3) is 0. The maximum Gasteiger partial charge on any atom is 0.338 e. The molecule has 2 aromatic rings. The molecule has 2 rings (SSSR count). The van der Waals surface area contributed by atoms with E-state index in [2.05, 4.69) is 0 Å². The average Bonchev–Trinajstić information content (AvgIpc) is 2.16. The number of benzene rings is 1. The number of rotatable bonds is 0. The van der Waals surface area contributed by atoms with E-state index in [0.29, 0.717) is 11.1 Å². The summed E-state index contributed by atoms with van der Waals surface area (Å²) in [6.07, 6.45) is 1.03. The second kappa shape index (κ2) is 2.63. The summed E-state index contributed by atoms with van der Waals surface area (Å²) in [5.74, 6) is -0.269. The average molecular weight is 193 g/mol. The van der Waals surface area contributed by atoms with Crippen molar-refractivity contribution in [2.75, 3.05) is 5.73 Å². The molecule has 72 valence electrons. The summed E-state index contributed by atoms with van der Waals surface area (Å²) >= 11 is 0. The largest absolute Gasteiger partial charge is 0.561 e. The van der Waals surface area contributed by atoms with Gasteiger partial charge in [-0.15, -0.1) is 0 Å². The van der Waals surface area contributed by atoms with Gasteiger partial charge < -0.3 is 21.3 Å². The summed E-state index contributed by atoms with van der Waals surface area (Å²) in [5.41, 5.74) is 5.78. The molecule has 0 radical (unpaired) electrons. The summed E-state index contributed by atoms with van der Waals surface area (Å²) < 4.78 is 0. The second-order valence-electron chi connectivity index (χ2n) is 2.83. The van der Waals surface area contributed by atoms with Gasteiger partial charge >= 0.3 is 5.52 Å². The van der Waals surface area contributed by atoms with Crippen LogP contribution in [0, 0.1) is 10.4 Å². The molecule has 0 unspecified atom stereocenters. The zero-order valence-electron chi connectivity index (χ0n) is 7.04. The van der Waals surface area contributed by atoms with Crippen molar-refractivity contribution >= 4 is 16.6 Å². The fourth-order valence-corrected chi connectivity index (χ4v) is 1.29. The zero-order chi connectivity index (χ0) is 10.3. The van der Waals surface area contributed by atoms with Crippen LogP contribution in [0.1, 0.15) is 0 Å². The molecule has 0 fully saturated rings. The Bertz CT molecular complexity index is 513. The van der Waals surface area contributed by atoms with E-state index >= 15 is 0 Å². The molecule has 0 aliphatic heterocycles. The molecule has 1 heterocycles. The molecule has 0 bridgehead atoms. The van der Waals surface area contributed by atoms with E-state index < -0.39 is 0 Å². The van der Waals surface area contributed by atoms with E-state index in [9.17, 15) is 15.5 Å². The van der Waals surface area contributed by atoms with Gasteiger partial charge in [0.15, 0.2) is 5.75 Å². The summed E-state index contributed by atoms with van der Waals surface area (Å²) in [6, 6.07) is 4.12. The van der Waals surface area contributed by atoms with Gasteiger partial charge in [0, 0.05) is 11.8 Å². The minimum Gasteiger partial charge on any atom is -0.561 e. The van der Waals surface area contributed by atoms with Crippen molar-refractivity contribution in [3.05, 3.63) is 34.8 Å². The minimum atomic E-state index is -0.269. The molecule has 0 atom stereocenters. The van der Waals surface area contributed by atoms with Crippen LogP contribution in [0.2, 0.25) is 0 Å². The summed E-state index contributed by atoms with van der Waals surface area (Å²) in [5, 5.41) is 31.9. The van der Waals surface area contributed by atoms with Crippen molar-refractivity contribution in [2.45, 2.75) is 0 Å². The molecular formula is C8H7N3O3. The number of phenolic OH excluding ortho intramolecular Hbond substituents is 1. The molecule has 6 nitrogen and oxygen atoms in total. The van der Waals surface area contributed by atoms with Crippen LogP contribution in [-0.4, -0.2) is 5.11 Å². The Balaban J connectivity index is 3.01. The first kappa shape index (κ1) is 8.36. The number of hydrogen-bond acceptors (Lipinski definition) is 4. The molecule has 0 saturated heterocycles. The van der Waals surface area contributed by atoms with Gasteiger partial charge in [-0.2, -0.15) is 0 Å². The van der Waals surface area contributed by atoms with E-state index in [0.717, 1.165) is 6.20 Å². The van der Waals surface area contributed by atoms with Crippen LogP contribution >= 0.6 is 0 Å². The molecule has 6 heteroatoms. The van der Waals surface area contributed by atoms with Crippen LogP contribution in [0.4, 0.5) is 5.69 Å². The highest BCUT2D eigenvalue weighted by atomic mass is 16.6. The lowest BCUT2D eigenvalue weighted by Gasteiger charge is -2.02. The first-order chi connectivity index (χ1) is 6.61. The van der Waals surface area contributed by atoms with Gasteiger partial charge in [0.1, 0.15) is 0 Å². The number of fused-ring (bicyclic) bond motifs is 1. The third-order valence-corrected chi connectivity index (χ3v) is 1.97. The lowest BCUT2D eigenvalue weighted by molar-refractivity contribution is -1.18. The smallest absolute Gasteiger partial charge is 0.338 e. The van der Waals surface area contributed by atoms with Crippen LogP contribution in [0.3, 0.4) is 0 Å². The molecule has 0 aliphatic carbocycles. The van der Waals surface area contributed by atoms with Gasteiger partial charge in [-0.3, -0.25) is 0 Å². The summed E-state index contributed by atoms with van der Waals surface area (Å²) in [4.78, 5) is 0.114. The first-order valence-corrected chi connectivity index (χ1v) is 3.84. The molecule has 1 aromatic carbocycles. The number of nitrogens with zero attached hydrogens (tertiary/aromatic N) is 2. The Morgan fingerprint density at radius 1 is 1.21 bits per heavy atom. The monoisotopic (exact) mass is 193 g/mol. The molecule has 0 amide bonds. The number of phenols is 1. The second-order valence-corrected chi connectivity index (χ2v) is 2.83. The molecule has 14 heavy (non-hydrogen) atoms. The number of aromatic hydroxyl groups is 1. The minimum absolute atomic E-state index is 0.0427. The standard InChI is InChI=1S/C8H7N3O3/c9-6-1-2-7(12)8-5(6)3-4-10(13)11(8)14/h1-4,12H,9H2. The summed E-state index contributed by atoms with van der Waals surface area (Å²) in [6.45, 7) is 0. The highest BCUT2D eigenvalue weighted by Gasteiger charge is 2.18. The van der Waals surface area contributed by atoms with Crippen molar-refractivity contribution in [1.29, 1.82) is 0 Å². The predicted octanol–water partition coefficient (Wildman–Crippen LogP) is -0.606. The normalized spacial score (nSPS) is 10.6. The van der Waals surface area contributed by atoms with Crippen LogP contribution in [-0.2, 0) is 0 Å². The maximum atomic E-state index is 11.3. The van der Waals surface area contributed by atoms with Gasteiger partial charge in [0.25, 0.3) is 6.20 Å². The van der Waals surface area contributed by atoms with E-state index in [1.807, 2.05) is 0 Å². The SMILES string of the molecule is Nc1ccc(O)c2c1cc[n+]([O-])[n+]2[O-]. The predicted molar refractivity (Wildman–Crippen MR) is 47.9 cm³/mol. The molecular weight excluding hydrogens is 186 g/mol. The first-order valence-electron chi connectivity index (χ1n) is 3.84. The number of aromatic nitrogens is 2. The molecule has 0 spiro atoms. The fourth-order valence-electron chi connectivity index (χ4n) is 1.29. The topological polar surface area (TPSA) is 100 Å². The van der Waals surface area contributed by atoms with Gasteiger partial charge in [-0.1, -0.05) is 0 Å². The van der Waals surface area contributed by atoms with Gasteiger partial charge in [0.05, 0.1) is 15.1 Å². The van der Waals surface area contributed by atoms with Crippen molar-refractivity contribution in [3.63, 3.8) is 0 Å². The molecule has 0 saturated carbocycles. The van der Waals surface area contributed by atoms with E-state index in [4.69, 9.17) is 5.73 Å². The highest BCUT2D eigenvalue weighted by molar-refractivity contribution is 5.91. The molecule has 1 aromatic heterocycles. The Morgan fingerprint density at radius 2 is 1.93 bits per heavy atom. The Hall–Kier alpha value is -2.24. The number of nitrogens with two attached hydrogens (primary N) is 1. The van der Waals surface area contributed by atoms with Gasteiger partial charge in [0.2, 0.25) is 0 Å². The van der Waals surface area contributed by atoms with Crippen molar-refractivity contribution in [2.24, 2.45) is 0 Å². The van der Waals surface area contributed by atoms with Crippen LogP contribution < -0.4 is 15.4 Å². The highest BCUT2D eigenvalue weighted by Crippen LogP contribution is 2.24. The van der Waals surface area contributed by atoms with Crippen molar-refractivity contribution in [3.8, 4) is 5.75 Å². The Morgan fingerprint density at radius 3 is 2.64 bits per heavy atom. The number of anilines is 1. The number of nitrogen functional groups attached to an aromatic ring is 1. The zero-order valence-corrected chi connectivity index (χ0v) is 7.04. The Labute approximate surface area is 78.6 Å². The molecule has 3 N–H and O–H groups in total. The maximum absolute atomic E-state index is 11.3. The molecule has 0 aliphatic rings. The third-order valence-electron chi connectivity index (χ3n) is 1.97. The number of hydrogen-bond donors (Lipinski definition) is 2. The van der Waals surface area contributed by atoms with Crippen molar-refractivity contribution < 1.29 is 14.8 Å². The van der Waals surface area contributed by atoms with Gasteiger partial charge in [-0.05, 0) is 12.1 Å². The van der Waals surface area contributed by atoms with Crippen LogP contribution in [0.15, 0.2) is 24.4 Å². The summed E-state index contributed by atoms with van der Waals surface area (Å²) in [7, 11) is 0.